The maximum absolute atomic E-state index is 9.83. The largest absolute Gasteiger partial charge is 0.393 e. The van der Waals surface area contributed by atoms with Crippen LogP contribution in [-0.2, 0) is 19.3 Å². The molecule has 0 amide bonds. The van der Waals surface area contributed by atoms with Crippen LogP contribution in [0.5, 0.6) is 0 Å². The third-order valence-corrected chi connectivity index (χ3v) is 7.58. The average Bonchev–Trinajstić information content (AvgIpc) is 3.66. The minimum atomic E-state index is -0.338. The molecule has 8 nitrogen and oxygen atoms in total. The van der Waals surface area contributed by atoms with Gasteiger partial charge in [-0.2, -0.15) is 5.21 Å². The smallest absolute Gasteiger partial charge is 0.205 e. The summed E-state index contributed by atoms with van der Waals surface area (Å²) in [7, 11) is 0. The third-order valence-electron chi connectivity index (χ3n) is 7.58. The molecule has 0 bridgehead atoms. The highest BCUT2D eigenvalue weighted by atomic mass is 16.3. The van der Waals surface area contributed by atoms with E-state index < -0.39 is 0 Å². The molecule has 0 spiro atoms. The Morgan fingerprint density at radius 2 is 1.92 bits per heavy atom. The Morgan fingerprint density at radius 1 is 1.08 bits per heavy atom. The maximum Gasteiger partial charge on any atom is 0.205 e. The van der Waals surface area contributed by atoms with E-state index in [1.807, 2.05) is 25.1 Å². The second-order valence-electron chi connectivity index (χ2n) is 10.4. The van der Waals surface area contributed by atoms with Crippen LogP contribution in [0.2, 0.25) is 0 Å². The molecule has 2 aromatic carbocycles. The highest BCUT2D eigenvalue weighted by Crippen LogP contribution is 2.40. The normalized spacial score (nSPS) is 15.7. The van der Waals surface area contributed by atoms with Crippen molar-refractivity contribution in [3.05, 3.63) is 76.7 Å². The molecule has 1 aliphatic carbocycles. The topological polar surface area (TPSA) is 105 Å². The number of hydrogen-bond acceptors (Lipinski definition) is 6. The third kappa shape index (κ3) is 4.39. The van der Waals surface area contributed by atoms with Crippen molar-refractivity contribution in [2.45, 2.75) is 71.4 Å². The quantitative estimate of drug-likeness (QED) is 0.292. The Balaban J connectivity index is 1.42. The fourth-order valence-corrected chi connectivity index (χ4v) is 5.78. The van der Waals surface area contributed by atoms with Gasteiger partial charge in [0.2, 0.25) is 5.82 Å². The van der Waals surface area contributed by atoms with Gasteiger partial charge in [-0.1, -0.05) is 49.4 Å². The van der Waals surface area contributed by atoms with Gasteiger partial charge in [0, 0.05) is 17.7 Å². The van der Waals surface area contributed by atoms with Crippen molar-refractivity contribution in [1.82, 2.24) is 35.2 Å². The van der Waals surface area contributed by atoms with Crippen molar-refractivity contribution < 1.29 is 5.11 Å². The van der Waals surface area contributed by atoms with Gasteiger partial charge in [0.25, 0.3) is 0 Å². The van der Waals surface area contributed by atoms with Crippen molar-refractivity contribution >= 4 is 11.2 Å². The predicted molar refractivity (Wildman–Crippen MR) is 148 cm³/mol. The van der Waals surface area contributed by atoms with Crippen LogP contribution in [-0.4, -0.2) is 46.4 Å². The minimum Gasteiger partial charge on any atom is -0.393 e. The first-order valence-electron chi connectivity index (χ1n) is 13.5. The number of tetrazole rings is 1. The summed E-state index contributed by atoms with van der Waals surface area (Å²) < 4.78 is 2.40. The van der Waals surface area contributed by atoms with Gasteiger partial charge in [0.15, 0.2) is 5.65 Å². The molecule has 0 radical (unpaired) electrons. The number of pyridine rings is 1. The monoisotopic (exact) mass is 507 g/mol. The minimum absolute atomic E-state index is 0.206. The second-order valence-corrected chi connectivity index (χ2v) is 10.4. The SMILES string of the molecule is CCCc1nc2c(C)cc(CC[C@@H](C)O)nc2n1[C@H]1CCc2cc(-c3ccccc3-c3nn[nH]n3)ccc21. The van der Waals surface area contributed by atoms with E-state index in [0.717, 1.165) is 77.0 Å². The van der Waals surface area contributed by atoms with Gasteiger partial charge >= 0.3 is 0 Å². The Labute approximate surface area is 222 Å². The summed E-state index contributed by atoms with van der Waals surface area (Å²) in [4.78, 5) is 10.2. The molecule has 5 aromatic rings. The molecular formula is C30H33N7O. The molecule has 3 heterocycles. The number of hydrogen-bond donors (Lipinski definition) is 2. The summed E-state index contributed by atoms with van der Waals surface area (Å²) >= 11 is 0. The molecule has 0 fully saturated rings. The lowest BCUT2D eigenvalue weighted by molar-refractivity contribution is 0.184. The molecule has 194 valence electrons. The molecule has 0 unspecified atom stereocenters. The number of imidazole rings is 1. The number of fused-ring (bicyclic) bond motifs is 2. The van der Waals surface area contributed by atoms with Crippen LogP contribution < -0.4 is 0 Å². The van der Waals surface area contributed by atoms with E-state index in [1.165, 1.54) is 11.1 Å². The van der Waals surface area contributed by atoms with Crippen LogP contribution in [0, 0.1) is 6.92 Å². The van der Waals surface area contributed by atoms with Crippen LogP contribution in [0.1, 0.15) is 67.4 Å². The number of aryl methyl sites for hydroxylation is 4. The fourth-order valence-electron chi connectivity index (χ4n) is 5.78. The molecular weight excluding hydrogens is 474 g/mol. The average molecular weight is 508 g/mol. The van der Waals surface area contributed by atoms with Crippen molar-refractivity contribution in [1.29, 1.82) is 0 Å². The summed E-state index contributed by atoms with van der Waals surface area (Å²) in [6, 6.07) is 17.3. The molecule has 0 saturated heterocycles. The van der Waals surface area contributed by atoms with E-state index in [1.54, 1.807) is 0 Å². The Morgan fingerprint density at radius 3 is 2.68 bits per heavy atom. The van der Waals surface area contributed by atoms with Crippen molar-refractivity contribution in [2.75, 3.05) is 0 Å². The number of benzene rings is 2. The number of nitrogens with one attached hydrogen (secondary N) is 1. The van der Waals surface area contributed by atoms with Crippen LogP contribution in [0.25, 0.3) is 33.7 Å². The van der Waals surface area contributed by atoms with Crippen LogP contribution >= 0.6 is 0 Å². The Hall–Kier alpha value is -3.91. The molecule has 3 aromatic heterocycles. The van der Waals surface area contributed by atoms with Crippen LogP contribution in [0.4, 0.5) is 0 Å². The number of aromatic amines is 1. The first-order chi connectivity index (χ1) is 18.5. The van der Waals surface area contributed by atoms with E-state index in [2.05, 4.69) is 69.4 Å². The first kappa shape index (κ1) is 24.4. The second kappa shape index (κ2) is 10.1. The zero-order valence-electron chi connectivity index (χ0n) is 22.1. The highest BCUT2D eigenvalue weighted by molar-refractivity contribution is 5.81. The maximum atomic E-state index is 9.83. The van der Waals surface area contributed by atoms with E-state index >= 15 is 0 Å². The van der Waals surface area contributed by atoms with Gasteiger partial charge < -0.3 is 9.67 Å². The molecule has 6 rings (SSSR count). The first-order valence-corrected chi connectivity index (χ1v) is 13.5. The van der Waals surface area contributed by atoms with Crippen molar-refractivity contribution in [3.63, 3.8) is 0 Å². The molecule has 2 atom stereocenters. The van der Waals surface area contributed by atoms with Gasteiger partial charge in [-0.25, -0.2) is 9.97 Å². The molecule has 2 N–H and O–H groups in total. The molecule has 8 heteroatoms. The molecule has 0 aliphatic heterocycles. The van der Waals surface area contributed by atoms with Crippen LogP contribution in [0.3, 0.4) is 0 Å². The Kier molecular flexibility index (Phi) is 6.49. The number of H-pyrrole nitrogens is 1. The predicted octanol–water partition coefficient (Wildman–Crippen LogP) is 5.39. The number of aliphatic hydroxyl groups is 1. The van der Waals surface area contributed by atoms with E-state index in [9.17, 15) is 5.11 Å². The van der Waals surface area contributed by atoms with E-state index in [-0.39, 0.29) is 12.1 Å². The molecule has 1 aliphatic rings. The van der Waals surface area contributed by atoms with Gasteiger partial charge in [0.1, 0.15) is 11.3 Å². The van der Waals surface area contributed by atoms with E-state index in [0.29, 0.717) is 12.2 Å². The molecule has 38 heavy (non-hydrogen) atoms. The van der Waals surface area contributed by atoms with Gasteiger partial charge in [-0.05, 0) is 85.0 Å². The summed E-state index contributed by atoms with van der Waals surface area (Å²) in [6.45, 7) is 6.16. The summed E-state index contributed by atoms with van der Waals surface area (Å²) in [6.07, 6.45) is 5.09. The standard InChI is InChI=1S/C30H33N7O/c1-4-7-27-32-28-18(2)16-22(13-10-19(3)38)31-30(28)37(27)26-15-12-21-17-20(11-14-24(21)26)23-8-5-6-9-25(23)29-33-35-36-34-29/h5-6,8-9,11,14,16-17,19,26,38H,4,7,10,12-13,15H2,1-3H3,(H,33,34,35,36)/t19-,26+/m1/s1. The number of aliphatic hydroxyl groups excluding tert-OH is 1. The van der Waals surface area contributed by atoms with Gasteiger partial charge in [-0.15, -0.1) is 10.2 Å². The van der Waals surface area contributed by atoms with Crippen molar-refractivity contribution in [2.24, 2.45) is 0 Å². The lowest BCUT2D eigenvalue weighted by atomic mass is 9.96. The van der Waals surface area contributed by atoms with E-state index in [4.69, 9.17) is 9.97 Å². The van der Waals surface area contributed by atoms with Crippen LogP contribution in [0.15, 0.2) is 48.5 Å². The summed E-state index contributed by atoms with van der Waals surface area (Å²) in [5.74, 6) is 1.70. The number of nitrogens with zero attached hydrogens (tertiary/aromatic N) is 6. The van der Waals surface area contributed by atoms with Crippen molar-refractivity contribution in [3.8, 4) is 22.5 Å². The zero-order valence-corrected chi connectivity index (χ0v) is 22.1. The lowest BCUT2D eigenvalue weighted by Gasteiger charge is -2.18. The number of aromatic nitrogens is 7. The molecule has 0 saturated carbocycles. The lowest BCUT2D eigenvalue weighted by Crippen LogP contribution is -2.12. The van der Waals surface area contributed by atoms with Gasteiger partial charge in [-0.3, -0.25) is 0 Å². The summed E-state index contributed by atoms with van der Waals surface area (Å²) in [5.41, 5.74) is 10.1. The van der Waals surface area contributed by atoms with Gasteiger partial charge in [0.05, 0.1) is 12.1 Å². The number of rotatable bonds is 8. The fraction of sp³-hybridized carbons (Fsp3) is 0.367. The highest BCUT2D eigenvalue weighted by Gasteiger charge is 2.29. The Bertz CT molecular complexity index is 1590. The zero-order chi connectivity index (χ0) is 26.2. The summed E-state index contributed by atoms with van der Waals surface area (Å²) in [5, 5.41) is 24.5.